The van der Waals surface area contributed by atoms with E-state index in [1.807, 2.05) is 55.5 Å². The summed E-state index contributed by atoms with van der Waals surface area (Å²) >= 11 is 0. The second-order valence-corrected chi connectivity index (χ2v) is 7.37. The average molecular weight is 388 g/mol. The first kappa shape index (κ1) is 19.7. The van der Waals surface area contributed by atoms with Gasteiger partial charge in [0.15, 0.2) is 0 Å². The van der Waals surface area contributed by atoms with Crippen molar-refractivity contribution in [1.82, 2.24) is 0 Å². The van der Waals surface area contributed by atoms with Gasteiger partial charge in [-0.3, -0.25) is 4.79 Å². The first-order valence-corrected chi connectivity index (χ1v) is 9.62. The molecule has 1 fully saturated rings. The fraction of sp³-hybridized carbons (Fsp3) is 0.409. The van der Waals surface area contributed by atoms with Crippen molar-refractivity contribution in [2.75, 3.05) is 19.6 Å². The molecule has 0 aromatic heterocycles. The Kier molecular flexibility index (Phi) is 6.40. The molecule has 0 aliphatic carbocycles. The van der Waals surface area contributed by atoms with Crippen molar-refractivity contribution in [2.45, 2.75) is 38.2 Å². The molecular formula is C22H26ClNO3. The predicted molar refractivity (Wildman–Crippen MR) is 99.8 cm³/mol. The van der Waals surface area contributed by atoms with Crippen molar-refractivity contribution in [3.05, 3.63) is 59.7 Å². The smallest absolute Gasteiger partial charge is 0.318 e. The van der Waals surface area contributed by atoms with Gasteiger partial charge in [0.25, 0.3) is 0 Å². The van der Waals surface area contributed by atoms with E-state index in [1.54, 1.807) is 4.90 Å². The Morgan fingerprint density at radius 2 is 1.59 bits per heavy atom. The molecule has 144 valence electrons. The van der Waals surface area contributed by atoms with Crippen molar-refractivity contribution < 1.29 is 31.6 Å². The molecular weight excluding hydrogens is 362 g/mol. The summed E-state index contributed by atoms with van der Waals surface area (Å²) in [6.45, 7) is 5.27. The van der Waals surface area contributed by atoms with E-state index in [1.165, 1.54) is 32.4 Å². The molecule has 5 heteroatoms. The molecule has 1 atom stereocenters. The molecule has 2 aromatic carbocycles. The van der Waals surface area contributed by atoms with Crippen molar-refractivity contribution in [3.8, 4) is 11.5 Å². The van der Waals surface area contributed by atoms with Crippen molar-refractivity contribution in [2.24, 2.45) is 0 Å². The maximum absolute atomic E-state index is 13.1. The Morgan fingerprint density at radius 1 is 1.04 bits per heavy atom. The van der Waals surface area contributed by atoms with Gasteiger partial charge >= 0.3 is 5.97 Å². The Balaban J connectivity index is 0.00000210. The molecule has 1 unspecified atom stereocenters. The van der Waals surface area contributed by atoms with Crippen LogP contribution in [0.25, 0.3) is 0 Å². The third-order valence-corrected chi connectivity index (χ3v) is 5.37. The minimum atomic E-state index is -0.421. The maximum atomic E-state index is 13.1. The zero-order valence-corrected chi connectivity index (χ0v) is 16.4. The largest absolute Gasteiger partial charge is 1.00 e. The molecule has 2 heterocycles. The lowest BCUT2D eigenvalue weighted by atomic mass is 9.88. The lowest BCUT2D eigenvalue weighted by molar-refractivity contribution is -0.907. The van der Waals surface area contributed by atoms with E-state index in [0.717, 1.165) is 29.2 Å². The number of para-hydroxylation sites is 2. The number of benzene rings is 2. The third kappa shape index (κ3) is 4.28. The number of fused-ring (bicyclic) bond motifs is 2. The van der Waals surface area contributed by atoms with E-state index in [-0.39, 0.29) is 24.5 Å². The number of hydrogen-bond donors (Lipinski definition) is 1. The normalized spacial score (nSPS) is 17.7. The van der Waals surface area contributed by atoms with Gasteiger partial charge in [-0.1, -0.05) is 36.4 Å². The van der Waals surface area contributed by atoms with Crippen molar-refractivity contribution in [1.29, 1.82) is 0 Å². The molecule has 27 heavy (non-hydrogen) atoms. The van der Waals surface area contributed by atoms with Gasteiger partial charge in [0.05, 0.1) is 13.1 Å². The fourth-order valence-electron chi connectivity index (χ4n) is 4.13. The van der Waals surface area contributed by atoms with Crippen LogP contribution in [0.1, 0.15) is 43.2 Å². The van der Waals surface area contributed by atoms with Crippen LogP contribution >= 0.6 is 0 Å². The number of piperidine rings is 1. The number of halogens is 1. The van der Waals surface area contributed by atoms with Gasteiger partial charge in [-0.15, -0.1) is 0 Å². The molecule has 4 nitrogen and oxygen atoms in total. The van der Waals surface area contributed by atoms with Gasteiger partial charge in [-0.2, -0.15) is 0 Å². The number of carbonyl (C=O) groups is 1. The van der Waals surface area contributed by atoms with Crippen LogP contribution < -0.4 is 22.0 Å². The van der Waals surface area contributed by atoms with E-state index >= 15 is 0 Å². The third-order valence-electron chi connectivity index (χ3n) is 5.37. The number of nitrogens with one attached hydrogen (secondary N) is 1. The van der Waals surface area contributed by atoms with Crippen LogP contribution in [0.15, 0.2) is 48.5 Å². The molecule has 0 spiro atoms. The zero-order valence-electron chi connectivity index (χ0n) is 15.6. The van der Waals surface area contributed by atoms with E-state index in [0.29, 0.717) is 0 Å². The summed E-state index contributed by atoms with van der Waals surface area (Å²) in [5.41, 5.74) is 1.77. The lowest BCUT2D eigenvalue weighted by Gasteiger charge is -2.29. The maximum Gasteiger partial charge on any atom is 0.318 e. The molecule has 1 saturated heterocycles. The number of likely N-dealkylation sites (tertiary alicyclic amines) is 1. The van der Waals surface area contributed by atoms with Crippen LogP contribution in [-0.4, -0.2) is 31.7 Å². The molecule has 0 radical (unpaired) electrons. The molecule has 4 rings (SSSR count). The molecule has 0 bridgehead atoms. The van der Waals surface area contributed by atoms with Crippen molar-refractivity contribution in [3.63, 3.8) is 0 Å². The van der Waals surface area contributed by atoms with Crippen LogP contribution in [0.3, 0.4) is 0 Å². The molecule has 0 saturated carbocycles. The molecule has 2 aromatic rings. The summed E-state index contributed by atoms with van der Waals surface area (Å²) in [5.74, 6) is 0.872. The van der Waals surface area contributed by atoms with Crippen LogP contribution in [0.2, 0.25) is 0 Å². The van der Waals surface area contributed by atoms with Crippen LogP contribution in [0.5, 0.6) is 11.5 Å². The fourth-order valence-corrected chi connectivity index (χ4v) is 4.13. The highest BCUT2D eigenvalue weighted by Gasteiger charge is 2.34. The van der Waals surface area contributed by atoms with E-state index < -0.39 is 5.92 Å². The summed E-state index contributed by atoms with van der Waals surface area (Å²) in [5, 5.41) is 0. The predicted octanol–water partition coefficient (Wildman–Crippen LogP) is -0.0713. The van der Waals surface area contributed by atoms with Crippen molar-refractivity contribution >= 4 is 5.97 Å². The second kappa shape index (κ2) is 8.77. The van der Waals surface area contributed by atoms with Crippen LogP contribution in [0.4, 0.5) is 0 Å². The number of esters is 1. The summed E-state index contributed by atoms with van der Waals surface area (Å²) in [6.07, 6.45) is 3.79. The Labute approximate surface area is 166 Å². The first-order valence-electron chi connectivity index (χ1n) is 9.62. The quantitative estimate of drug-likeness (QED) is 0.746. The molecule has 1 N–H and O–H groups in total. The monoisotopic (exact) mass is 387 g/mol. The lowest BCUT2D eigenvalue weighted by Crippen LogP contribution is -3.13. The van der Waals surface area contributed by atoms with Gasteiger partial charge in [0.2, 0.25) is 0 Å². The molecule has 2 aliphatic rings. The van der Waals surface area contributed by atoms with Crippen LogP contribution in [0, 0.1) is 0 Å². The van der Waals surface area contributed by atoms with Gasteiger partial charge in [0.1, 0.15) is 30.1 Å². The van der Waals surface area contributed by atoms with Gasteiger partial charge in [0, 0.05) is 11.1 Å². The summed E-state index contributed by atoms with van der Waals surface area (Å²) in [6, 6.07) is 15.5. The standard InChI is InChI=1S/C22H25NO3.ClH/c1-16(15-23-13-7-2-8-14-23)25-22(24)21-17-9-3-5-11-19(17)26-20-12-6-4-10-18(20)21;/h3-6,9-12,16,21H,2,7-8,13-15H2,1H3;1H. The highest BCUT2D eigenvalue weighted by Crippen LogP contribution is 2.44. The second-order valence-electron chi connectivity index (χ2n) is 7.37. The Hall–Kier alpha value is -2.04. The number of quaternary nitrogens is 1. The SMILES string of the molecule is CC(C[NH+]1CCCCC1)OC(=O)C1c2ccccc2Oc2ccccc21.[Cl-]. The summed E-state index contributed by atoms with van der Waals surface area (Å²) < 4.78 is 11.9. The summed E-state index contributed by atoms with van der Waals surface area (Å²) in [7, 11) is 0. The number of ether oxygens (including phenoxy) is 2. The van der Waals surface area contributed by atoms with Crippen LogP contribution in [-0.2, 0) is 9.53 Å². The number of hydrogen-bond acceptors (Lipinski definition) is 3. The number of carbonyl (C=O) groups excluding carboxylic acids is 1. The van der Waals surface area contributed by atoms with Gasteiger partial charge in [-0.05, 0) is 38.3 Å². The van der Waals surface area contributed by atoms with E-state index in [9.17, 15) is 4.79 Å². The minimum Gasteiger partial charge on any atom is -1.00 e. The highest BCUT2D eigenvalue weighted by atomic mass is 35.5. The van der Waals surface area contributed by atoms with E-state index in [2.05, 4.69) is 0 Å². The molecule has 2 aliphatic heterocycles. The summed E-state index contributed by atoms with van der Waals surface area (Å²) in [4.78, 5) is 14.6. The average Bonchev–Trinajstić information content (AvgIpc) is 2.66. The highest BCUT2D eigenvalue weighted by molar-refractivity contribution is 5.85. The molecule has 0 amide bonds. The Bertz CT molecular complexity index is 743. The topological polar surface area (TPSA) is 40.0 Å². The zero-order chi connectivity index (χ0) is 17.9. The number of rotatable bonds is 4. The first-order chi connectivity index (χ1) is 12.7. The van der Waals surface area contributed by atoms with Gasteiger partial charge < -0.3 is 26.8 Å². The van der Waals surface area contributed by atoms with Gasteiger partial charge in [-0.25, -0.2) is 0 Å². The Morgan fingerprint density at radius 3 is 2.19 bits per heavy atom. The van der Waals surface area contributed by atoms with E-state index in [4.69, 9.17) is 9.47 Å². The minimum absolute atomic E-state index is 0.